The highest BCUT2D eigenvalue weighted by Gasteiger charge is 2.31. The average molecular weight is 282 g/mol. The summed E-state index contributed by atoms with van der Waals surface area (Å²) in [6, 6.07) is 13.2. The van der Waals surface area contributed by atoms with Crippen LogP contribution in [0.5, 0.6) is 0 Å². The van der Waals surface area contributed by atoms with E-state index >= 15 is 0 Å². The van der Waals surface area contributed by atoms with E-state index in [1.54, 1.807) is 6.20 Å². The molecule has 1 aliphatic carbocycles. The van der Waals surface area contributed by atoms with Crippen LogP contribution in [0, 0.1) is 0 Å². The summed E-state index contributed by atoms with van der Waals surface area (Å²) in [7, 11) is 0. The molecule has 1 aromatic carbocycles. The zero-order valence-corrected chi connectivity index (χ0v) is 11.7. The summed E-state index contributed by atoms with van der Waals surface area (Å²) in [4.78, 5) is 16.3. The minimum atomic E-state index is -0.541. The van der Waals surface area contributed by atoms with Crippen molar-refractivity contribution < 1.29 is 9.90 Å². The molecule has 4 heteroatoms. The first kappa shape index (κ1) is 13.8. The quantitative estimate of drug-likeness (QED) is 0.898. The van der Waals surface area contributed by atoms with Crippen LogP contribution >= 0.6 is 0 Å². The van der Waals surface area contributed by atoms with Crippen LogP contribution in [-0.4, -0.2) is 22.1 Å². The molecule has 21 heavy (non-hydrogen) atoms. The van der Waals surface area contributed by atoms with E-state index in [-0.39, 0.29) is 11.9 Å². The second kappa shape index (κ2) is 6.06. The Morgan fingerprint density at radius 3 is 2.86 bits per heavy atom. The molecule has 0 aliphatic heterocycles. The lowest BCUT2D eigenvalue weighted by molar-refractivity contribution is -0.122. The van der Waals surface area contributed by atoms with Gasteiger partial charge in [0.15, 0.2) is 0 Å². The number of carbonyl (C=O) groups excluding carboxylic acids is 1. The third kappa shape index (κ3) is 3.11. The fraction of sp³-hybridized carbons (Fsp3) is 0.294. The Morgan fingerprint density at radius 2 is 2.05 bits per heavy atom. The van der Waals surface area contributed by atoms with Crippen molar-refractivity contribution in [2.24, 2.45) is 0 Å². The number of aliphatic hydroxyl groups excluding tert-OH is 1. The van der Waals surface area contributed by atoms with E-state index in [0.717, 1.165) is 16.8 Å². The third-order valence-electron chi connectivity index (χ3n) is 3.85. The van der Waals surface area contributed by atoms with Crippen LogP contribution in [0.4, 0.5) is 0 Å². The molecular weight excluding hydrogens is 264 g/mol. The monoisotopic (exact) mass is 282 g/mol. The third-order valence-corrected chi connectivity index (χ3v) is 3.85. The van der Waals surface area contributed by atoms with Gasteiger partial charge < -0.3 is 10.4 Å². The number of rotatable bonds is 4. The first-order chi connectivity index (χ1) is 10.2. The molecule has 108 valence electrons. The normalized spacial score (nSPS) is 20.0. The van der Waals surface area contributed by atoms with Gasteiger partial charge in [0.2, 0.25) is 5.91 Å². The number of amides is 1. The van der Waals surface area contributed by atoms with E-state index in [1.807, 2.05) is 42.5 Å². The zero-order chi connectivity index (χ0) is 14.7. The van der Waals surface area contributed by atoms with E-state index in [0.29, 0.717) is 19.3 Å². The number of nitrogens with zero attached hydrogens (tertiary/aromatic N) is 1. The van der Waals surface area contributed by atoms with Gasteiger partial charge in [-0.2, -0.15) is 0 Å². The van der Waals surface area contributed by atoms with Crippen molar-refractivity contribution in [3.05, 3.63) is 65.5 Å². The lowest BCUT2D eigenvalue weighted by Crippen LogP contribution is -2.34. The summed E-state index contributed by atoms with van der Waals surface area (Å²) in [5, 5.41) is 13.1. The summed E-state index contributed by atoms with van der Waals surface area (Å²) in [6.45, 7) is 0. The first-order valence-corrected chi connectivity index (χ1v) is 7.19. The minimum absolute atomic E-state index is 0.0543. The van der Waals surface area contributed by atoms with Crippen molar-refractivity contribution in [1.82, 2.24) is 10.3 Å². The van der Waals surface area contributed by atoms with Crippen LogP contribution in [-0.2, 0) is 17.6 Å². The molecule has 1 aliphatic rings. The Morgan fingerprint density at radius 1 is 1.24 bits per heavy atom. The molecule has 0 saturated heterocycles. The van der Waals surface area contributed by atoms with E-state index in [9.17, 15) is 9.90 Å². The summed E-state index contributed by atoms with van der Waals surface area (Å²) in [5.41, 5.74) is 3.04. The summed E-state index contributed by atoms with van der Waals surface area (Å²) >= 11 is 0. The highest BCUT2D eigenvalue weighted by atomic mass is 16.3. The minimum Gasteiger partial charge on any atom is -0.390 e. The Bertz CT molecular complexity index is 628. The number of aliphatic hydroxyl groups is 1. The van der Waals surface area contributed by atoms with Gasteiger partial charge in [-0.3, -0.25) is 9.78 Å². The van der Waals surface area contributed by atoms with Crippen molar-refractivity contribution in [3.8, 4) is 0 Å². The van der Waals surface area contributed by atoms with Gasteiger partial charge in [0.05, 0.1) is 12.1 Å². The van der Waals surface area contributed by atoms with Gasteiger partial charge in [0.25, 0.3) is 0 Å². The van der Waals surface area contributed by atoms with Gasteiger partial charge in [0.1, 0.15) is 0 Å². The van der Waals surface area contributed by atoms with Crippen molar-refractivity contribution in [1.29, 1.82) is 0 Å². The summed E-state index contributed by atoms with van der Waals surface area (Å²) in [5.74, 6) is -0.0543. The molecule has 0 bridgehead atoms. The lowest BCUT2D eigenvalue weighted by Gasteiger charge is -2.17. The molecule has 1 amide bonds. The number of aryl methyl sites for hydroxylation is 1. The highest BCUT2D eigenvalue weighted by Crippen LogP contribution is 2.31. The standard InChI is InChI=1S/C17H18N2O2/c20-15-11-12-5-1-2-7-14(12)17(15)19-16(21)9-8-13-6-3-4-10-18-13/h1-7,10,15,17,20H,8-9,11H2,(H,19,21). The number of benzene rings is 1. The van der Waals surface area contributed by atoms with Gasteiger partial charge in [-0.1, -0.05) is 30.3 Å². The van der Waals surface area contributed by atoms with Gasteiger partial charge in [-0.25, -0.2) is 0 Å². The smallest absolute Gasteiger partial charge is 0.220 e. The number of nitrogens with one attached hydrogen (secondary N) is 1. The molecule has 4 nitrogen and oxygen atoms in total. The van der Waals surface area contributed by atoms with Crippen LogP contribution in [0.1, 0.15) is 29.3 Å². The average Bonchev–Trinajstić information content (AvgIpc) is 2.82. The number of pyridine rings is 1. The van der Waals surface area contributed by atoms with Crippen molar-refractivity contribution in [2.45, 2.75) is 31.4 Å². The Labute approximate surface area is 123 Å². The van der Waals surface area contributed by atoms with Gasteiger partial charge in [-0.15, -0.1) is 0 Å². The maximum Gasteiger partial charge on any atom is 0.220 e. The number of carbonyl (C=O) groups is 1. The Hall–Kier alpha value is -2.20. The molecule has 2 N–H and O–H groups in total. The molecule has 2 unspecified atom stereocenters. The zero-order valence-electron chi connectivity index (χ0n) is 11.7. The van der Waals surface area contributed by atoms with Crippen molar-refractivity contribution in [2.75, 3.05) is 0 Å². The predicted octanol–water partition coefficient (Wildman–Crippen LogP) is 1.79. The van der Waals surface area contributed by atoms with E-state index < -0.39 is 6.10 Å². The molecule has 0 saturated carbocycles. The SMILES string of the molecule is O=C(CCc1ccccn1)NC1c2ccccc2CC1O. The van der Waals surface area contributed by atoms with Crippen molar-refractivity contribution >= 4 is 5.91 Å². The molecule has 3 rings (SSSR count). The van der Waals surface area contributed by atoms with Crippen LogP contribution in [0.2, 0.25) is 0 Å². The van der Waals surface area contributed by atoms with Crippen molar-refractivity contribution in [3.63, 3.8) is 0 Å². The van der Waals surface area contributed by atoms with Gasteiger partial charge in [0, 0.05) is 24.7 Å². The van der Waals surface area contributed by atoms with Gasteiger partial charge in [-0.05, 0) is 29.7 Å². The van der Waals surface area contributed by atoms with E-state index in [2.05, 4.69) is 10.3 Å². The maximum absolute atomic E-state index is 12.1. The number of fused-ring (bicyclic) bond motifs is 1. The highest BCUT2D eigenvalue weighted by molar-refractivity contribution is 5.77. The fourth-order valence-corrected chi connectivity index (χ4v) is 2.78. The van der Waals surface area contributed by atoms with Crippen LogP contribution in [0.25, 0.3) is 0 Å². The van der Waals surface area contributed by atoms with Crippen LogP contribution in [0.3, 0.4) is 0 Å². The van der Waals surface area contributed by atoms with Crippen LogP contribution in [0.15, 0.2) is 48.7 Å². The summed E-state index contributed by atoms with van der Waals surface area (Å²) < 4.78 is 0. The molecule has 0 fully saturated rings. The molecule has 1 heterocycles. The van der Waals surface area contributed by atoms with Gasteiger partial charge >= 0.3 is 0 Å². The lowest BCUT2D eigenvalue weighted by atomic mass is 10.1. The van der Waals surface area contributed by atoms with E-state index in [1.165, 1.54) is 0 Å². The fourth-order valence-electron chi connectivity index (χ4n) is 2.78. The molecule has 2 aromatic rings. The Kier molecular flexibility index (Phi) is 3.97. The molecule has 0 radical (unpaired) electrons. The number of hydrogen-bond acceptors (Lipinski definition) is 3. The topological polar surface area (TPSA) is 62.2 Å². The molecule has 2 atom stereocenters. The van der Waals surface area contributed by atoms with E-state index in [4.69, 9.17) is 0 Å². The second-order valence-electron chi connectivity index (χ2n) is 5.34. The molecule has 1 aromatic heterocycles. The van der Waals surface area contributed by atoms with Crippen LogP contribution < -0.4 is 5.32 Å². The number of hydrogen-bond donors (Lipinski definition) is 2. The maximum atomic E-state index is 12.1. The number of aromatic nitrogens is 1. The Balaban J connectivity index is 1.60. The summed E-state index contributed by atoms with van der Waals surface area (Å²) in [6.07, 6.45) is 2.77. The molecular formula is C17H18N2O2. The predicted molar refractivity (Wildman–Crippen MR) is 79.6 cm³/mol. The second-order valence-corrected chi connectivity index (χ2v) is 5.34. The first-order valence-electron chi connectivity index (χ1n) is 7.19. The largest absolute Gasteiger partial charge is 0.390 e. The molecule has 0 spiro atoms.